The lowest BCUT2D eigenvalue weighted by molar-refractivity contribution is -0.112. The Balaban J connectivity index is 1.78. The van der Waals surface area contributed by atoms with Crippen molar-refractivity contribution in [2.45, 2.75) is 0 Å². The molecule has 8 nitrogen and oxygen atoms in total. The molecule has 8 heteroatoms. The van der Waals surface area contributed by atoms with Gasteiger partial charge in [-0.15, -0.1) is 0 Å². The van der Waals surface area contributed by atoms with Crippen LogP contribution in [0.25, 0.3) is 11.7 Å². The zero-order valence-corrected chi connectivity index (χ0v) is 17.6. The van der Waals surface area contributed by atoms with Crippen molar-refractivity contribution in [1.82, 2.24) is 9.38 Å². The molecule has 1 N–H and O–H groups in total. The van der Waals surface area contributed by atoms with Crippen molar-refractivity contribution in [3.8, 4) is 23.4 Å². The third-order valence-corrected chi connectivity index (χ3v) is 4.67. The molecule has 1 amide bonds. The predicted molar refractivity (Wildman–Crippen MR) is 123 cm³/mol. The number of aromatic nitrogens is 2. The fourth-order valence-electron chi connectivity index (χ4n) is 3.08. The molecule has 0 spiro atoms. The van der Waals surface area contributed by atoms with Crippen molar-refractivity contribution in [2.75, 3.05) is 12.4 Å². The zero-order chi connectivity index (χ0) is 23.2. The fraction of sp³-hybridized carbons (Fsp3) is 0.0400. The first kappa shape index (κ1) is 21.3. The number of anilines is 1. The number of amides is 1. The summed E-state index contributed by atoms with van der Waals surface area (Å²) < 4.78 is 12.3. The molecule has 0 bridgehead atoms. The van der Waals surface area contributed by atoms with Crippen LogP contribution < -0.4 is 20.3 Å². The lowest BCUT2D eigenvalue weighted by atomic mass is 10.1. The number of carbonyl (C=O) groups is 1. The van der Waals surface area contributed by atoms with Crippen molar-refractivity contribution in [1.29, 1.82) is 5.26 Å². The summed E-state index contributed by atoms with van der Waals surface area (Å²) in [6.45, 7) is 0. The van der Waals surface area contributed by atoms with Gasteiger partial charge in [0.1, 0.15) is 34.4 Å². The minimum absolute atomic E-state index is 0.0145. The number of pyridine rings is 1. The molecule has 0 fully saturated rings. The second kappa shape index (κ2) is 9.49. The van der Waals surface area contributed by atoms with Gasteiger partial charge in [-0.05, 0) is 42.5 Å². The number of hydrogen-bond donors (Lipinski definition) is 1. The van der Waals surface area contributed by atoms with Crippen LogP contribution in [-0.4, -0.2) is 22.4 Å². The minimum atomic E-state index is -0.686. The maximum atomic E-state index is 13.2. The molecular formula is C25H18N4O4. The Morgan fingerprint density at radius 1 is 1.06 bits per heavy atom. The van der Waals surface area contributed by atoms with Crippen LogP contribution in [0.4, 0.5) is 5.69 Å². The Bertz CT molecular complexity index is 1450. The van der Waals surface area contributed by atoms with E-state index in [-0.39, 0.29) is 17.0 Å². The molecule has 0 aliphatic heterocycles. The third kappa shape index (κ3) is 4.73. The van der Waals surface area contributed by atoms with Gasteiger partial charge in [0.15, 0.2) is 0 Å². The lowest BCUT2D eigenvalue weighted by Crippen LogP contribution is -2.20. The molecule has 33 heavy (non-hydrogen) atoms. The number of nitrogens with one attached hydrogen (secondary N) is 1. The summed E-state index contributed by atoms with van der Waals surface area (Å²) in [5.74, 6) is 0.304. The van der Waals surface area contributed by atoms with E-state index in [4.69, 9.17) is 9.47 Å². The Kier molecular flexibility index (Phi) is 6.14. The highest BCUT2D eigenvalue weighted by molar-refractivity contribution is 6.09. The highest BCUT2D eigenvalue weighted by Gasteiger charge is 2.17. The van der Waals surface area contributed by atoms with E-state index in [9.17, 15) is 14.9 Å². The van der Waals surface area contributed by atoms with Crippen molar-refractivity contribution in [2.24, 2.45) is 0 Å². The number of nitriles is 1. The summed E-state index contributed by atoms with van der Waals surface area (Å²) >= 11 is 0. The molecule has 0 saturated heterocycles. The molecule has 0 saturated carbocycles. The number of carbonyl (C=O) groups excluding carboxylic acids is 1. The molecule has 162 valence electrons. The van der Waals surface area contributed by atoms with E-state index in [2.05, 4.69) is 10.3 Å². The maximum absolute atomic E-state index is 13.2. The van der Waals surface area contributed by atoms with Crippen LogP contribution in [0.1, 0.15) is 5.56 Å². The number of para-hydroxylation sites is 1. The van der Waals surface area contributed by atoms with Gasteiger partial charge < -0.3 is 14.8 Å². The number of rotatable bonds is 6. The third-order valence-electron chi connectivity index (χ3n) is 4.67. The molecule has 2 aromatic carbocycles. The molecule has 0 atom stereocenters. The predicted octanol–water partition coefficient (Wildman–Crippen LogP) is 4.04. The average molecular weight is 438 g/mol. The maximum Gasteiger partial charge on any atom is 0.269 e. The van der Waals surface area contributed by atoms with Gasteiger partial charge in [0.2, 0.25) is 5.88 Å². The molecule has 4 rings (SSSR count). The van der Waals surface area contributed by atoms with E-state index in [1.165, 1.54) is 17.6 Å². The van der Waals surface area contributed by atoms with Gasteiger partial charge in [0, 0.05) is 18.0 Å². The van der Waals surface area contributed by atoms with Crippen LogP contribution in [0.2, 0.25) is 0 Å². The van der Waals surface area contributed by atoms with Crippen molar-refractivity contribution in [3.05, 3.63) is 100 Å². The van der Waals surface area contributed by atoms with Crippen LogP contribution in [-0.2, 0) is 4.79 Å². The average Bonchev–Trinajstić information content (AvgIpc) is 2.84. The Hall–Kier alpha value is -4.90. The summed E-state index contributed by atoms with van der Waals surface area (Å²) in [5, 5.41) is 12.3. The smallest absolute Gasteiger partial charge is 0.269 e. The summed E-state index contributed by atoms with van der Waals surface area (Å²) in [5.41, 5.74) is 0.0124. The van der Waals surface area contributed by atoms with Gasteiger partial charge in [-0.2, -0.15) is 10.2 Å². The Labute approximate surface area is 189 Å². The highest BCUT2D eigenvalue weighted by Crippen LogP contribution is 2.24. The van der Waals surface area contributed by atoms with Gasteiger partial charge in [0.05, 0.1) is 7.11 Å². The molecule has 4 aromatic rings. The number of nitrogens with zero attached hydrogens (tertiary/aromatic N) is 3. The van der Waals surface area contributed by atoms with Crippen LogP contribution >= 0.6 is 0 Å². The van der Waals surface area contributed by atoms with Crippen molar-refractivity contribution < 1.29 is 14.3 Å². The molecule has 0 unspecified atom stereocenters. The number of methoxy groups -OCH3 is 1. The summed E-state index contributed by atoms with van der Waals surface area (Å²) in [4.78, 5) is 30.4. The van der Waals surface area contributed by atoms with Crippen LogP contribution in [0.5, 0.6) is 17.4 Å². The van der Waals surface area contributed by atoms with Gasteiger partial charge in [-0.1, -0.05) is 30.3 Å². The first-order chi connectivity index (χ1) is 16.1. The zero-order valence-electron chi connectivity index (χ0n) is 17.6. The first-order valence-electron chi connectivity index (χ1n) is 9.90. The monoisotopic (exact) mass is 438 g/mol. The summed E-state index contributed by atoms with van der Waals surface area (Å²) in [6.07, 6.45) is 2.74. The molecule has 0 aliphatic carbocycles. The van der Waals surface area contributed by atoms with Crippen LogP contribution in [0.15, 0.2) is 89.4 Å². The number of benzene rings is 2. The van der Waals surface area contributed by atoms with E-state index >= 15 is 0 Å². The van der Waals surface area contributed by atoms with Gasteiger partial charge in [-0.3, -0.25) is 14.0 Å². The van der Waals surface area contributed by atoms with Crippen LogP contribution in [0.3, 0.4) is 0 Å². The number of fused-ring (bicyclic) bond motifs is 1. The van der Waals surface area contributed by atoms with Crippen molar-refractivity contribution in [3.63, 3.8) is 0 Å². The van der Waals surface area contributed by atoms with E-state index < -0.39 is 11.5 Å². The molecule has 2 heterocycles. The SMILES string of the molecule is COc1cccc(NC(=O)/C(C#N)=C\c2c(Oc3ccccc3)nc3ccccn3c2=O)c1. The largest absolute Gasteiger partial charge is 0.497 e. The standard InChI is InChI=1S/C25H18N4O4/c1-32-20-11-7-8-18(15-20)27-23(30)17(16-26)14-21-24(33-19-9-3-2-4-10-19)28-22-12-5-6-13-29(22)25(21)31/h2-15H,1H3,(H,27,30)/b17-14-. The second-order valence-corrected chi connectivity index (χ2v) is 6.84. The quantitative estimate of drug-likeness (QED) is 0.360. The minimum Gasteiger partial charge on any atom is -0.497 e. The Morgan fingerprint density at radius 2 is 1.82 bits per heavy atom. The van der Waals surface area contributed by atoms with E-state index in [0.717, 1.165) is 0 Å². The fourth-order valence-corrected chi connectivity index (χ4v) is 3.08. The summed E-state index contributed by atoms with van der Waals surface area (Å²) in [7, 11) is 1.51. The highest BCUT2D eigenvalue weighted by atomic mass is 16.5. The number of ether oxygens (including phenoxy) is 2. The Morgan fingerprint density at radius 3 is 2.58 bits per heavy atom. The molecule has 0 aliphatic rings. The first-order valence-corrected chi connectivity index (χ1v) is 9.90. The van der Waals surface area contributed by atoms with Crippen molar-refractivity contribution >= 4 is 23.3 Å². The van der Waals surface area contributed by atoms with E-state index in [1.807, 2.05) is 12.1 Å². The molecular weight excluding hydrogens is 420 g/mol. The van der Waals surface area contributed by atoms with Crippen LogP contribution in [0, 0.1) is 11.3 Å². The normalized spacial score (nSPS) is 11.0. The number of hydrogen-bond acceptors (Lipinski definition) is 6. The van der Waals surface area contributed by atoms with Gasteiger partial charge in [-0.25, -0.2) is 0 Å². The van der Waals surface area contributed by atoms with E-state index in [1.54, 1.807) is 72.9 Å². The van der Waals surface area contributed by atoms with Gasteiger partial charge in [0.25, 0.3) is 11.5 Å². The van der Waals surface area contributed by atoms with E-state index in [0.29, 0.717) is 22.8 Å². The summed E-state index contributed by atoms with van der Waals surface area (Å²) in [6, 6.07) is 22.4. The second-order valence-electron chi connectivity index (χ2n) is 6.84. The topological polar surface area (TPSA) is 106 Å². The molecule has 2 aromatic heterocycles. The van der Waals surface area contributed by atoms with Gasteiger partial charge >= 0.3 is 0 Å². The lowest BCUT2D eigenvalue weighted by Gasteiger charge is -2.10. The molecule has 0 radical (unpaired) electrons.